The van der Waals surface area contributed by atoms with Gasteiger partial charge in [0.2, 0.25) is 5.91 Å². The molecule has 2 aromatic rings. The van der Waals surface area contributed by atoms with Gasteiger partial charge in [-0.05, 0) is 49.2 Å². The van der Waals surface area contributed by atoms with Gasteiger partial charge in [0.05, 0.1) is 18.3 Å². The molecule has 3 atom stereocenters. The molecule has 3 rings (SSSR count). The Morgan fingerprint density at radius 2 is 1.88 bits per heavy atom. The van der Waals surface area contributed by atoms with Gasteiger partial charge in [0, 0.05) is 30.4 Å². The van der Waals surface area contributed by atoms with Gasteiger partial charge in [-0.2, -0.15) is 0 Å². The van der Waals surface area contributed by atoms with E-state index in [1.54, 1.807) is 12.1 Å². The van der Waals surface area contributed by atoms with Crippen LogP contribution in [0.25, 0.3) is 0 Å². The van der Waals surface area contributed by atoms with Crippen LogP contribution >= 0.6 is 0 Å². The highest BCUT2D eigenvalue weighted by atomic mass is 32.2. The molecule has 0 aromatic heterocycles. The molecule has 172 valence electrons. The second-order valence-electron chi connectivity index (χ2n) is 7.57. The Labute approximate surface area is 189 Å². The number of hydrogen-bond donors (Lipinski definition) is 4. The van der Waals surface area contributed by atoms with E-state index in [0.29, 0.717) is 12.1 Å². The van der Waals surface area contributed by atoms with Gasteiger partial charge in [-0.1, -0.05) is 25.1 Å². The van der Waals surface area contributed by atoms with Crippen molar-refractivity contribution in [3.8, 4) is 0 Å². The summed E-state index contributed by atoms with van der Waals surface area (Å²) in [4.78, 5) is 25.0. The molecule has 0 saturated heterocycles. The fourth-order valence-electron chi connectivity index (χ4n) is 3.99. The predicted octanol–water partition coefficient (Wildman–Crippen LogP) is 3.59. The van der Waals surface area contributed by atoms with Crippen LogP contribution in [-0.2, 0) is 16.1 Å². The van der Waals surface area contributed by atoms with Crippen molar-refractivity contribution in [2.24, 2.45) is 0 Å². The van der Waals surface area contributed by atoms with Crippen molar-refractivity contribution in [1.82, 2.24) is 5.32 Å². The lowest BCUT2D eigenvalue weighted by molar-refractivity contribution is -0.118. The highest BCUT2D eigenvalue weighted by Gasteiger charge is 2.32. The summed E-state index contributed by atoms with van der Waals surface area (Å²) in [6.07, 6.45) is 0.00980. The van der Waals surface area contributed by atoms with E-state index in [1.165, 1.54) is 4.31 Å². The van der Waals surface area contributed by atoms with E-state index in [4.69, 9.17) is 5.11 Å². The lowest BCUT2D eigenvalue weighted by Crippen LogP contribution is -2.44. The third-order valence-electron chi connectivity index (χ3n) is 5.44. The van der Waals surface area contributed by atoms with Gasteiger partial charge >= 0.3 is 6.09 Å². The number of para-hydroxylation sites is 1. The molecule has 0 fully saturated rings. The molecular weight excluding hydrogens is 432 g/mol. The third kappa shape index (κ3) is 5.38. The van der Waals surface area contributed by atoms with Crippen molar-refractivity contribution in [3.63, 3.8) is 0 Å². The number of amides is 2. The molecule has 2 aromatic carbocycles. The van der Waals surface area contributed by atoms with E-state index in [9.17, 15) is 18.4 Å². The first-order valence-electron chi connectivity index (χ1n) is 10.4. The zero-order chi connectivity index (χ0) is 23.3. The quantitative estimate of drug-likeness (QED) is 0.447. The zero-order valence-corrected chi connectivity index (χ0v) is 18.8. The summed E-state index contributed by atoms with van der Waals surface area (Å²) in [5.74, 6) is 0.0993. The molecule has 9 nitrogen and oxygen atoms in total. The van der Waals surface area contributed by atoms with Gasteiger partial charge in [-0.25, -0.2) is 9.00 Å². The van der Waals surface area contributed by atoms with Gasteiger partial charge < -0.3 is 20.6 Å². The Balaban J connectivity index is 1.76. The number of nitrogens with zero attached hydrogens (tertiary/aromatic N) is 2. The number of carbonyl (C=O) groups is 2. The molecular formula is C22H28N4O5S. The molecule has 1 heterocycles. The summed E-state index contributed by atoms with van der Waals surface area (Å²) < 4.78 is 22.4. The van der Waals surface area contributed by atoms with Crippen LogP contribution in [0.2, 0.25) is 0 Å². The Morgan fingerprint density at radius 1 is 1.19 bits per heavy atom. The van der Waals surface area contributed by atoms with Crippen LogP contribution < -0.4 is 19.8 Å². The number of nitrogens with one attached hydrogen (secondary N) is 2. The average Bonchev–Trinajstić information content (AvgIpc) is 2.77. The van der Waals surface area contributed by atoms with E-state index in [1.807, 2.05) is 55.1 Å². The molecule has 0 radical (unpaired) electrons. The number of anilines is 3. The molecule has 32 heavy (non-hydrogen) atoms. The number of carbonyl (C=O) groups excluding carboxylic acids is 1. The van der Waals surface area contributed by atoms with Crippen LogP contribution in [0.5, 0.6) is 0 Å². The molecule has 0 saturated carbocycles. The topological polar surface area (TPSA) is 122 Å². The largest absolute Gasteiger partial charge is 0.465 e. The predicted molar refractivity (Wildman–Crippen MR) is 125 cm³/mol. The van der Waals surface area contributed by atoms with Crippen molar-refractivity contribution in [2.75, 3.05) is 27.6 Å². The van der Waals surface area contributed by atoms with Crippen molar-refractivity contribution in [2.45, 2.75) is 38.8 Å². The summed E-state index contributed by atoms with van der Waals surface area (Å²) in [5, 5.41) is 14.4. The number of benzene rings is 2. The maximum absolute atomic E-state index is 12.5. The van der Waals surface area contributed by atoms with Gasteiger partial charge in [0.15, 0.2) is 0 Å². The first-order chi connectivity index (χ1) is 15.3. The highest BCUT2D eigenvalue weighted by Crippen LogP contribution is 2.39. The monoisotopic (exact) mass is 460 g/mol. The van der Waals surface area contributed by atoms with Crippen LogP contribution in [0.1, 0.15) is 38.3 Å². The third-order valence-corrected chi connectivity index (χ3v) is 6.21. The van der Waals surface area contributed by atoms with Crippen LogP contribution in [0.4, 0.5) is 21.9 Å². The number of hydrogen-bond acceptors (Lipinski definition) is 4. The summed E-state index contributed by atoms with van der Waals surface area (Å²) in [7, 11) is 0. The van der Waals surface area contributed by atoms with E-state index in [2.05, 4.69) is 10.6 Å². The minimum absolute atomic E-state index is 0.01000. The Bertz CT molecular complexity index is 985. The summed E-state index contributed by atoms with van der Waals surface area (Å²) >= 11 is -2.28. The standard InChI is InChI=1S/C22H28N4O5S/c1-3-21(27)26-15(2)14-19(18-6-4-5-7-20(18)26)24-16-8-10-17(11-9-16)25(32(30)31)13-12-23-22(28)29/h4-11,15,19,23-24H,3,12-14H2,1-2H3,(H,28,29)(H,30,31)/t15-,19+/m0/s1. The van der Waals surface area contributed by atoms with E-state index >= 15 is 0 Å². The number of rotatable bonds is 8. The molecule has 1 aliphatic rings. The fourth-order valence-corrected chi connectivity index (χ4v) is 4.54. The molecule has 4 N–H and O–H groups in total. The van der Waals surface area contributed by atoms with E-state index in [0.717, 1.165) is 23.4 Å². The number of fused-ring (bicyclic) bond motifs is 1. The second kappa shape index (κ2) is 10.5. The first kappa shape index (κ1) is 23.6. The molecule has 1 aliphatic heterocycles. The Hall–Kier alpha value is -3.11. The van der Waals surface area contributed by atoms with Crippen molar-refractivity contribution in [3.05, 3.63) is 54.1 Å². The molecule has 0 bridgehead atoms. The maximum Gasteiger partial charge on any atom is 0.404 e. The van der Waals surface area contributed by atoms with Gasteiger partial charge in [0.1, 0.15) is 0 Å². The van der Waals surface area contributed by atoms with Crippen LogP contribution in [0.15, 0.2) is 48.5 Å². The van der Waals surface area contributed by atoms with Crippen LogP contribution in [-0.4, -0.2) is 45.0 Å². The Morgan fingerprint density at radius 3 is 2.50 bits per heavy atom. The normalized spacial score (nSPS) is 18.4. The summed E-state index contributed by atoms with van der Waals surface area (Å²) in [5.41, 5.74) is 3.30. The van der Waals surface area contributed by atoms with Gasteiger partial charge in [0.25, 0.3) is 11.3 Å². The molecule has 2 amide bonds. The highest BCUT2D eigenvalue weighted by molar-refractivity contribution is 7.80. The fraction of sp³-hybridized carbons (Fsp3) is 0.364. The van der Waals surface area contributed by atoms with Crippen LogP contribution in [0.3, 0.4) is 0 Å². The first-order valence-corrected chi connectivity index (χ1v) is 11.5. The minimum Gasteiger partial charge on any atom is -0.465 e. The second-order valence-corrected chi connectivity index (χ2v) is 8.47. The lowest BCUT2D eigenvalue weighted by Gasteiger charge is -2.40. The maximum atomic E-state index is 12.5. The average molecular weight is 461 g/mol. The van der Waals surface area contributed by atoms with E-state index < -0.39 is 17.4 Å². The zero-order valence-electron chi connectivity index (χ0n) is 18.0. The van der Waals surface area contributed by atoms with Gasteiger partial charge in [-0.3, -0.25) is 13.7 Å². The van der Waals surface area contributed by atoms with Crippen molar-refractivity contribution < 1.29 is 23.5 Å². The SMILES string of the molecule is CCC(=O)N1c2ccccc2[C@H](Nc2ccc(N(CCNC(=O)O)S(=O)O)cc2)C[C@@H]1C. The molecule has 10 heteroatoms. The Kier molecular flexibility index (Phi) is 7.70. The molecule has 1 unspecified atom stereocenters. The van der Waals surface area contributed by atoms with Crippen molar-refractivity contribution >= 4 is 40.3 Å². The van der Waals surface area contributed by atoms with E-state index in [-0.39, 0.29) is 31.1 Å². The van der Waals surface area contributed by atoms with Crippen molar-refractivity contribution in [1.29, 1.82) is 0 Å². The summed E-state index contributed by atoms with van der Waals surface area (Å²) in [6, 6.07) is 15.0. The number of carboxylic acid groups (broad SMARTS) is 1. The summed E-state index contributed by atoms with van der Waals surface area (Å²) in [6.45, 7) is 3.98. The minimum atomic E-state index is -2.28. The smallest absolute Gasteiger partial charge is 0.404 e. The molecule has 0 spiro atoms. The molecule has 0 aliphatic carbocycles. The van der Waals surface area contributed by atoms with Crippen LogP contribution in [0, 0.1) is 0 Å². The lowest BCUT2D eigenvalue weighted by atomic mass is 9.91. The van der Waals surface area contributed by atoms with Gasteiger partial charge in [-0.15, -0.1) is 0 Å².